The van der Waals surface area contributed by atoms with Crippen LogP contribution >= 0.6 is 22.9 Å². The number of nitrogens with one attached hydrogen (secondary N) is 2. The molecule has 7 N–H and O–H groups in total. The standard InChI is InChI=1S/C39H53ClN6O6S/c1-22-16-27(34(40)31(17-22)52-20-28(41)14-15-32(42)48)8-7-9-33(49)45-36(39(4,5)6)38(51)46-19-29(47)18-30(46)37(50)44-23(2)25-10-12-26(13-11-25)35-24(3)43-21-53-35/h10-13,16-17,21,23,28-30,36,47H,7-9,14-15,18-20,41H2,1-6H3,(H2,42,48)(H,44,50)(H,45,49)/t23-,28-,29+,30-,36+/m0/s1. The van der Waals surface area contributed by atoms with E-state index in [1.165, 1.54) is 4.90 Å². The Morgan fingerprint density at radius 1 is 1.11 bits per heavy atom. The number of hydrogen-bond donors (Lipinski definition) is 5. The topological polar surface area (TPSA) is 190 Å². The van der Waals surface area contributed by atoms with Gasteiger partial charge < -0.3 is 36.8 Å². The van der Waals surface area contributed by atoms with Gasteiger partial charge in [-0.2, -0.15) is 0 Å². The molecule has 288 valence electrons. The molecule has 12 nitrogen and oxygen atoms in total. The van der Waals surface area contributed by atoms with Crippen LogP contribution in [0.1, 0.15) is 88.2 Å². The maximum Gasteiger partial charge on any atom is 0.246 e. The number of amides is 4. The third-order valence-corrected chi connectivity index (χ3v) is 10.8. The van der Waals surface area contributed by atoms with Gasteiger partial charge in [-0.3, -0.25) is 19.2 Å². The first kappa shape index (κ1) is 41.7. The fraction of sp³-hybridized carbons (Fsp3) is 0.513. The van der Waals surface area contributed by atoms with Crippen molar-refractivity contribution in [1.82, 2.24) is 20.5 Å². The summed E-state index contributed by atoms with van der Waals surface area (Å²) < 4.78 is 5.86. The number of halogens is 1. The molecule has 0 unspecified atom stereocenters. The van der Waals surface area contributed by atoms with Gasteiger partial charge in [-0.05, 0) is 73.8 Å². The smallest absolute Gasteiger partial charge is 0.246 e. The summed E-state index contributed by atoms with van der Waals surface area (Å²) >= 11 is 8.24. The summed E-state index contributed by atoms with van der Waals surface area (Å²) in [5, 5.41) is 17.0. The molecular formula is C39H53ClN6O6S. The molecule has 4 amide bonds. The van der Waals surface area contributed by atoms with Crippen LogP contribution in [0.15, 0.2) is 41.9 Å². The number of thiazole rings is 1. The molecule has 0 aliphatic carbocycles. The first-order valence-electron chi connectivity index (χ1n) is 18.0. The third kappa shape index (κ3) is 11.5. The molecular weight excluding hydrogens is 716 g/mol. The van der Waals surface area contributed by atoms with Crippen LogP contribution < -0.4 is 26.8 Å². The van der Waals surface area contributed by atoms with Crippen LogP contribution in [-0.4, -0.2) is 76.0 Å². The summed E-state index contributed by atoms with van der Waals surface area (Å²) in [6.45, 7) is 11.5. The zero-order valence-electron chi connectivity index (χ0n) is 31.4. The van der Waals surface area contributed by atoms with Crippen LogP contribution in [0.25, 0.3) is 10.4 Å². The van der Waals surface area contributed by atoms with Gasteiger partial charge in [0.05, 0.1) is 33.3 Å². The molecule has 3 aromatic rings. The summed E-state index contributed by atoms with van der Waals surface area (Å²) in [6.07, 6.45) is 0.855. The van der Waals surface area contributed by atoms with Crippen LogP contribution in [0, 0.1) is 19.3 Å². The van der Waals surface area contributed by atoms with E-state index < -0.39 is 35.4 Å². The summed E-state index contributed by atoms with van der Waals surface area (Å²) in [7, 11) is 0. The van der Waals surface area contributed by atoms with Crippen molar-refractivity contribution in [3.8, 4) is 16.2 Å². The van der Waals surface area contributed by atoms with Crippen molar-refractivity contribution in [3.05, 3.63) is 69.3 Å². The number of primary amides is 1. The number of hydrogen-bond acceptors (Lipinski definition) is 9. The van der Waals surface area contributed by atoms with E-state index in [2.05, 4.69) is 15.6 Å². The Labute approximate surface area is 321 Å². The Morgan fingerprint density at radius 2 is 1.81 bits per heavy atom. The molecule has 0 saturated carbocycles. The van der Waals surface area contributed by atoms with E-state index in [-0.39, 0.29) is 56.3 Å². The van der Waals surface area contributed by atoms with E-state index in [0.717, 1.165) is 32.8 Å². The average Bonchev–Trinajstić information content (AvgIpc) is 3.71. The Bertz CT molecular complexity index is 1760. The van der Waals surface area contributed by atoms with E-state index in [1.54, 1.807) is 11.3 Å². The lowest BCUT2D eigenvalue weighted by Crippen LogP contribution is -2.57. The zero-order chi connectivity index (χ0) is 39.0. The van der Waals surface area contributed by atoms with Crippen LogP contribution in [0.2, 0.25) is 5.02 Å². The SMILES string of the molecule is Cc1cc(CCCC(=O)N[C@H](C(=O)N2C[C@H](O)C[C@H]2C(=O)N[C@@H](C)c2ccc(-c3scnc3C)cc2)C(C)(C)C)c(Cl)c(OC[C@@H](N)CCC(N)=O)c1. The molecule has 1 fully saturated rings. The van der Waals surface area contributed by atoms with Crippen molar-refractivity contribution < 1.29 is 29.0 Å². The lowest BCUT2D eigenvalue weighted by atomic mass is 9.85. The lowest BCUT2D eigenvalue weighted by Gasteiger charge is -2.35. The van der Waals surface area contributed by atoms with Crippen molar-refractivity contribution in [2.24, 2.45) is 16.9 Å². The minimum atomic E-state index is -0.933. The molecule has 1 aromatic heterocycles. The van der Waals surface area contributed by atoms with Crippen molar-refractivity contribution in [1.29, 1.82) is 0 Å². The van der Waals surface area contributed by atoms with Crippen LogP contribution in [0.3, 0.4) is 0 Å². The molecule has 14 heteroatoms. The minimum absolute atomic E-state index is 0.0110. The summed E-state index contributed by atoms with van der Waals surface area (Å²) in [5.74, 6) is -1.05. The number of carbonyl (C=O) groups excluding carboxylic acids is 4. The first-order chi connectivity index (χ1) is 24.9. The van der Waals surface area contributed by atoms with Crippen molar-refractivity contribution in [2.75, 3.05) is 13.2 Å². The maximum atomic E-state index is 14.1. The van der Waals surface area contributed by atoms with Crippen molar-refractivity contribution in [3.63, 3.8) is 0 Å². The highest BCUT2D eigenvalue weighted by molar-refractivity contribution is 7.13. The van der Waals surface area contributed by atoms with E-state index in [1.807, 2.05) is 83.5 Å². The van der Waals surface area contributed by atoms with Gasteiger partial charge in [0.2, 0.25) is 23.6 Å². The van der Waals surface area contributed by atoms with Gasteiger partial charge in [-0.25, -0.2) is 4.98 Å². The number of ether oxygens (including phenoxy) is 1. The van der Waals surface area contributed by atoms with Gasteiger partial charge in [0.25, 0.3) is 0 Å². The molecule has 5 atom stereocenters. The van der Waals surface area contributed by atoms with Crippen LogP contribution in [-0.2, 0) is 25.6 Å². The number of β-amino-alcohol motifs (C(OH)–C–C–N with tert-alkyl or cyclic N) is 1. The molecule has 2 heterocycles. The Balaban J connectivity index is 1.35. The second-order valence-electron chi connectivity index (χ2n) is 15.0. The second kappa shape index (κ2) is 18.3. The monoisotopic (exact) mass is 768 g/mol. The number of likely N-dealkylation sites (tertiary alicyclic amines) is 1. The summed E-state index contributed by atoms with van der Waals surface area (Å²) in [6, 6.07) is 9.12. The number of rotatable bonds is 16. The number of carbonyl (C=O) groups is 4. The molecule has 1 saturated heterocycles. The fourth-order valence-corrected chi connectivity index (χ4v) is 7.46. The van der Waals surface area contributed by atoms with Gasteiger partial charge in [0, 0.05) is 31.8 Å². The van der Waals surface area contributed by atoms with Gasteiger partial charge >= 0.3 is 0 Å². The molecule has 4 rings (SSSR count). The number of aryl methyl sites for hydroxylation is 3. The molecule has 0 bridgehead atoms. The minimum Gasteiger partial charge on any atom is -0.490 e. The normalized spacial score (nSPS) is 17.6. The van der Waals surface area contributed by atoms with E-state index in [0.29, 0.717) is 30.0 Å². The van der Waals surface area contributed by atoms with Crippen LogP contribution in [0.4, 0.5) is 0 Å². The summed E-state index contributed by atoms with van der Waals surface area (Å²) in [5.41, 5.74) is 17.0. The second-order valence-corrected chi connectivity index (χ2v) is 16.3. The Hall–Kier alpha value is -4.04. The molecule has 0 radical (unpaired) electrons. The van der Waals surface area contributed by atoms with Crippen molar-refractivity contribution >= 4 is 46.6 Å². The number of aliphatic hydroxyl groups excluding tert-OH is 1. The molecule has 53 heavy (non-hydrogen) atoms. The largest absolute Gasteiger partial charge is 0.490 e. The number of aromatic nitrogens is 1. The first-order valence-corrected chi connectivity index (χ1v) is 19.2. The predicted octanol–water partition coefficient (Wildman–Crippen LogP) is 4.74. The lowest BCUT2D eigenvalue weighted by molar-refractivity contribution is -0.144. The number of nitrogens with zero attached hydrogens (tertiary/aromatic N) is 2. The number of benzene rings is 2. The Morgan fingerprint density at radius 3 is 2.43 bits per heavy atom. The van der Waals surface area contributed by atoms with Gasteiger partial charge in [0.1, 0.15) is 24.4 Å². The highest BCUT2D eigenvalue weighted by atomic mass is 35.5. The average molecular weight is 769 g/mol. The highest BCUT2D eigenvalue weighted by Gasteiger charge is 2.44. The van der Waals surface area contributed by atoms with Crippen LogP contribution in [0.5, 0.6) is 5.75 Å². The van der Waals surface area contributed by atoms with Gasteiger partial charge in [-0.1, -0.05) is 62.7 Å². The highest BCUT2D eigenvalue weighted by Crippen LogP contribution is 2.32. The van der Waals surface area contributed by atoms with E-state index in [9.17, 15) is 24.3 Å². The fourth-order valence-electron chi connectivity index (χ4n) is 6.39. The maximum absolute atomic E-state index is 14.1. The predicted molar refractivity (Wildman–Crippen MR) is 207 cm³/mol. The van der Waals surface area contributed by atoms with E-state index >= 15 is 0 Å². The third-order valence-electron chi connectivity index (χ3n) is 9.38. The molecule has 1 aliphatic heterocycles. The Kier molecular flexibility index (Phi) is 14.4. The van der Waals surface area contributed by atoms with Crippen molar-refractivity contribution in [2.45, 2.75) is 110 Å². The number of nitrogens with two attached hydrogens (primary N) is 2. The summed E-state index contributed by atoms with van der Waals surface area (Å²) in [4.78, 5) is 58.9. The van der Waals surface area contributed by atoms with Gasteiger partial charge in [-0.15, -0.1) is 11.3 Å². The number of aliphatic hydroxyl groups is 1. The molecule has 2 aromatic carbocycles. The molecule has 1 aliphatic rings. The quantitative estimate of drug-likeness (QED) is 0.138. The van der Waals surface area contributed by atoms with E-state index in [4.69, 9.17) is 27.8 Å². The van der Waals surface area contributed by atoms with Gasteiger partial charge in [0.15, 0.2) is 0 Å². The molecule has 0 spiro atoms. The zero-order valence-corrected chi connectivity index (χ0v) is 33.0.